The molecule has 0 radical (unpaired) electrons. The Bertz CT molecular complexity index is 428. The van der Waals surface area contributed by atoms with Crippen LogP contribution in [0.25, 0.3) is 0 Å². The zero-order valence-electron chi connectivity index (χ0n) is 9.11. The number of carbonyl (C=O) groups is 2. The summed E-state index contributed by atoms with van der Waals surface area (Å²) in [6, 6.07) is 4.42. The molecule has 1 aromatic rings. The topological polar surface area (TPSA) is 57.6 Å². The SMILES string of the molecule is CCN(CC(=O)O)C(=O)c1cc(Cl)cc(Cl)c1. The van der Waals surface area contributed by atoms with Gasteiger partial charge in [-0.1, -0.05) is 23.2 Å². The third kappa shape index (κ3) is 3.91. The van der Waals surface area contributed by atoms with Gasteiger partial charge in [-0.2, -0.15) is 0 Å². The van der Waals surface area contributed by atoms with Crippen LogP contribution in [0.2, 0.25) is 10.0 Å². The molecule has 1 amide bonds. The minimum absolute atomic E-state index is 0.283. The first kappa shape index (κ1) is 13.8. The Morgan fingerprint density at radius 1 is 1.24 bits per heavy atom. The Morgan fingerprint density at radius 3 is 2.18 bits per heavy atom. The van der Waals surface area contributed by atoms with E-state index in [9.17, 15) is 9.59 Å². The summed E-state index contributed by atoms with van der Waals surface area (Å²) in [6.45, 7) is 1.65. The van der Waals surface area contributed by atoms with E-state index in [1.54, 1.807) is 6.92 Å². The minimum Gasteiger partial charge on any atom is -0.480 e. The number of amides is 1. The molecule has 0 heterocycles. The van der Waals surface area contributed by atoms with E-state index in [1.165, 1.54) is 23.1 Å². The fourth-order valence-corrected chi connectivity index (χ4v) is 1.88. The number of carbonyl (C=O) groups excluding carboxylic acids is 1. The molecular formula is C11H11Cl2NO3. The van der Waals surface area contributed by atoms with Crippen LogP contribution in [0.5, 0.6) is 0 Å². The molecular weight excluding hydrogens is 265 g/mol. The first-order valence-electron chi connectivity index (χ1n) is 4.91. The number of carboxylic acid groups (broad SMARTS) is 1. The van der Waals surface area contributed by atoms with Crippen molar-refractivity contribution < 1.29 is 14.7 Å². The second-order valence-corrected chi connectivity index (χ2v) is 4.24. The lowest BCUT2D eigenvalue weighted by Gasteiger charge is -2.18. The maximum absolute atomic E-state index is 12.0. The average molecular weight is 276 g/mol. The Balaban J connectivity index is 2.97. The van der Waals surface area contributed by atoms with Gasteiger partial charge in [0.2, 0.25) is 0 Å². The van der Waals surface area contributed by atoms with Crippen LogP contribution in [-0.4, -0.2) is 35.0 Å². The van der Waals surface area contributed by atoms with E-state index in [4.69, 9.17) is 28.3 Å². The molecule has 1 rings (SSSR count). The van der Waals surface area contributed by atoms with Gasteiger partial charge in [-0.15, -0.1) is 0 Å². The van der Waals surface area contributed by atoms with Crippen LogP contribution in [0.1, 0.15) is 17.3 Å². The Kier molecular flexibility index (Phi) is 4.78. The number of nitrogens with zero attached hydrogens (tertiary/aromatic N) is 1. The Morgan fingerprint density at radius 2 is 1.76 bits per heavy atom. The molecule has 0 aliphatic rings. The molecule has 0 aliphatic carbocycles. The van der Waals surface area contributed by atoms with Gasteiger partial charge in [0.1, 0.15) is 6.54 Å². The Labute approximate surface area is 109 Å². The normalized spacial score (nSPS) is 10.1. The van der Waals surface area contributed by atoms with Crippen LogP contribution in [0.4, 0.5) is 0 Å². The molecule has 0 bridgehead atoms. The van der Waals surface area contributed by atoms with Crippen molar-refractivity contribution in [3.63, 3.8) is 0 Å². The summed E-state index contributed by atoms with van der Waals surface area (Å²) in [5.41, 5.74) is 0.283. The van der Waals surface area contributed by atoms with E-state index >= 15 is 0 Å². The van der Waals surface area contributed by atoms with Gasteiger partial charge in [-0.25, -0.2) is 0 Å². The van der Waals surface area contributed by atoms with Crippen molar-refractivity contribution in [3.8, 4) is 0 Å². The number of halogens is 2. The summed E-state index contributed by atoms with van der Waals surface area (Å²) in [5.74, 6) is -1.47. The first-order chi connectivity index (χ1) is 7.93. The van der Waals surface area contributed by atoms with Crippen LogP contribution in [0, 0.1) is 0 Å². The number of hydrogen-bond acceptors (Lipinski definition) is 2. The predicted molar refractivity (Wildman–Crippen MR) is 65.7 cm³/mol. The largest absolute Gasteiger partial charge is 0.480 e. The van der Waals surface area contributed by atoms with E-state index in [-0.39, 0.29) is 12.1 Å². The molecule has 0 unspecified atom stereocenters. The highest BCUT2D eigenvalue weighted by Gasteiger charge is 2.17. The summed E-state index contributed by atoms with van der Waals surface area (Å²) in [7, 11) is 0. The van der Waals surface area contributed by atoms with Crippen molar-refractivity contribution in [1.29, 1.82) is 0 Å². The van der Waals surface area contributed by atoms with E-state index < -0.39 is 11.9 Å². The molecule has 0 spiro atoms. The number of benzene rings is 1. The number of aliphatic carboxylic acids is 1. The van der Waals surface area contributed by atoms with Crippen LogP contribution in [0.3, 0.4) is 0 Å². The maximum Gasteiger partial charge on any atom is 0.323 e. The molecule has 0 aromatic heterocycles. The molecule has 4 nitrogen and oxygen atoms in total. The number of hydrogen-bond donors (Lipinski definition) is 1. The number of rotatable bonds is 4. The van der Waals surface area contributed by atoms with Gasteiger partial charge in [0.05, 0.1) is 0 Å². The minimum atomic E-state index is -1.06. The zero-order chi connectivity index (χ0) is 13.0. The Hall–Kier alpha value is -1.26. The summed E-state index contributed by atoms with van der Waals surface area (Å²) in [6.07, 6.45) is 0. The zero-order valence-corrected chi connectivity index (χ0v) is 10.6. The standard InChI is InChI=1S/C11H11Cl2NO3/c1-2-14(6-10(15)16)11(17)7-3-8(12)5-9(13)4-7/h3-5H,2,6H2,1H3,(H,15,16). The highest BCUT2D eigenvalue weighted by Crippen LogP contribution is 2.20. The lowest BCUT2D eigenvalue weighted by atomic mass is 10.2. The van der Waals surface area contributed by atoms with Gasteiger partial charge < -0.3 is 10.0 Å². The van der Waals surface area contributed by atoms with Crippen molar-refractivity contribution in [3.05, 3.63) is 33.8 Å². The third-order valence-electron chi connectivity index (χ3n) is 2.10. The van der Waals surface area contributed by atoms with Gasteiger partial charge in [0.15, 0.2) is 0 Å². The van der Waals surface area contributed by atoms with Crippen LogP contribution < -0.4 is 0 Å². The van der Waals surface area contributed by atoms with Gasteiger partial charge in [-0.05, 0) is 25.1 Å². The van der Waals surface area contributed by atoms with Crippen molar-refractivity contribution in [2.24, 2.45) is 0 Å². The molecule has 0 fully saturated rings. The van der Waals surface area contributed by atoms with E-state index in [0.29, 0.717) is 16.6 Å². The fraction of sp³-hybridized carbons (Fsp3) is 0.273. The van der Waals surface area contributed by atoms with E-state index in [2.05, 4.69) is 0 Å². The highest BCUT2D eigenvalue weighted by atomic mass is 35.5. The molecule has 0 saturated carbocycles. The molecule has 0 atom stereocenters. The van der Waals surface area contributed by atoms with Crippen molar-refractivity contribution >= 4 is 35.1 Å². The van der Waals surface area contributed by atoms with Crippen molar-refractivity contribution in [2.75, 3.05) is 13.1 Å². The second kappa shape index (κ2) is 5.89. The van der Waals surface area contributed by atoms with Crippen LogP contribution >= 0.6 is 23.2 Å². The fourth-order valence-electron chi connectivity index (χ4n) is 1.35. The lowest BCUT2D eigenvalue weighted by molar-refractivity contribution is -0.137. The quantitative estimate of drug-likeness (QED) is 0.919. The highest BCUT2D eigenvalue weighted by molar-refractivity contribution is 6.35. The molecule has 1 N–H and O–H groups in total. The summed E-state index contributed by atoms with van der Waals surface area (Å²) >= 11 is 11.6. The van der Waals surface area contributed by atoms with Gasteiger partial charge in [-0.3, -0.25) is 9.59 Å². The van der Waals surface area contributed by atoms with Gasteiger partial charge >= 0.3 is 5.97 Å². The molecule has 0 saturated heterocycles. The molecule has 0 aliphatic heterocycles. The molecule has 1 aromatic carbocycles. The van der Waals surface area contributed by atoms with Crippen molar-refractivity contribution in [2.45, 2.75) is 6.92 Å². The average Bonchev–Trinajstić information content (AvgIpc) is 2.23. The summed E-state index contributed by atoms with van der Waals surface area (Å²) < 4.78 is 0. The molecule has 17 heavy (non-hydrogen) atoms. The van der Waals surface area contributed by atoms with Crippen LogP contribution in [0.15, 0.2) is 18.2 Å². The monoisotopic (exact) mass is 275 g/mol. The smallest absolute Gasteiger partial charge is 0.323 e. The van der Waals surface area contributed by atoms with E-state index in [0.717, 1.165) is 0 Å². The summed E-state index contributed by atoms with van der Waals surface area (Å²) in [5, 5.41) is 9.35. The first-order valence-corrected chi connectivity index (χ1v) is 5.66. The van der Waals surface area contributed by atoms with Gasteiger partial charge in [0, 0.05) is 22.2 Å². The third-order valence-corrected chi connectivity index (χ3v) is 2.54. The number of carboxylic acids is 1. The molecule has 6 heteroatoms. The number of likely N-dealkylation sites (N-methyl/N-ethyl adjacent to an activating group) is 1. The summed E-state index contributed by atoms with van der Waals surface area (Å²) in [4.78, 5) is 23.8. The van der Waals surface area contributed by atoms with E-state index in [1.807, 2.05) is 0 Å². The second-order valence-electron chi connectivity index (χ2n) is 3.37. The van der Waals surface area contributed by atoms with Gasteiger partial charge in [0.25, 0.3) is 5.91 Å². The van der Waals surface area contributed by atoms with Crippen LogP contribution in [-0.2, 0) is 4.79 Å². The van der Waals surface area contributed by atoms with Crippen molar-refractivity contribution in [1.82, 2.24) is 4.90 Å². The molecule has 92 valence electrons. The lowest BCUT2D eigenvalue weighted by Crippen LogP contribution is -2.35. The maximum atomic E-state index is 12.0. The predicted octanol–water partition coefficient (Wildman–Crippen LogP) is 2.54.